The molecule has 0 atom stereocenters. The summed E-state index contributed by atoms with van der Waals surface area (Å²) in [6, 6.07) is 0. The molecular weight excluding hydrogens is 258 g/mol. The van der Waals surface area contributed by atoms with E-state index < -0.39 is 0 Å². The van der Waals surface area contributed by atoms with E-state index in [0.29, 0.717) is 26.2 Å². The summed E-state index contributed by atoms with van der Waals surface area (Å²) in [5.74, 6) is 0.00874. The average molecular weight is 277 g/mol. The lowest BCUT2D eigenvalue weighted by Crippen LogP contribution is -2.51. The molecule has 0 saturated carbocycles. The zero-order valence-corrected chi connectivity index (χ0v) is 11.7. The minimum atomic E-state index is -0.229. The smallest absolute Gasteiger partial charge is 0.276 e. The lowest BCUT2D eigenvalue weighted by molar-refractivity contribution is -0.135. The molecule has 1 aromatic heterocycles. The quantitative estimate of drug-likeness (QED) is 0.821. The first kappa shape index (κ1) is 14.2. The van der Waals surface area contributed by atoms with Gasteiger partial charge in [0.05, 0.1) is 0 Å². The lowest BCUT2D eigenvalue weighted by Gasteiger charge is -2.35. The number of aromatic nitrogens is 2. The summed E-state index contributed by atoms with van der Waals surface area (Å²) in [6.45, 7) is 5.83. The highest BCUT2D eigenvalue weighted by atomic mass is 16.2. The number of hydrogen-bond acceptors (Lipinski definition) is 5. The third-order valence-corrected chi connectivity index (χ3v) is 3.30. The predicted octanol–water partition coefficient (Wildman–Crippen LogP) is -0.000800. The van der Waals surface area contributed by atoms with Gasteiger partial charge in [-0.2, -0.15) is 0 Å². The van der Waals surface area contributed by atoms with E-state index in [1.807, 2.05) is 13.8 Å². The van der Waals surface area contributed by atoms with Crippen molar-refractivity contribution < 1.29 is 9.59 Å². The van der Waals surface area contributed by atoms with Crippen LogP contribution in [0.25, 0.3) is 0 Å². The van der Waals surface area contributed by atoms with Gasteiger partial charge in [-0.15, -0.1) is 0 Å². The summed E-state index contributed by atoms with van der Waals surface area (Å²) in [7, 11) is 0. The average Bonchev–Trinajstić information content (AvgIpc) is 2.46. The van der Waals surface area contributed by atoms with Gasteiger partial charge < -0.3 is 15.5 Å². The Kier molecular flexibility index (Phi) is 4.16. The van der Waals surface area contributed by atoms with Crippen LogP contribution in [0.2, 0.25) is 0 Å². The van der Waals surface area contributed by atoms with Crippen LogP contribution in [0.4, 0.5) is 5.82 Å². The summed E-state index contributed by atoms with van der Waals surface area (Å²) < 4.78 is 0. The third kappa shape index (κ3) is 2.87. The first-order valence-electron chi connectivity index (χ1n) is 6.65. The molecule has 7 nitrogen and oxygen atoms in total. The minimum absolute atomic E-state index is 0.0205. The summed E-state index contributed by atoms with van der Waals surface area (Å²) in [6.07, 6.45) is 2.90. The standard InChI is InChI=1S/C13H19N5O2/c1-9(2)12(19)17-5-7-18(8-6-17)13(20)10-11(14)16-4-3-15-10/h3-4,9H,5-8H2,1-2H3,(H2,14,16). The Morgan fingerprint density at radius 2 is 1.65 bits per heavy atom. The van der Waals surface area contributed by atoms with Crippen molar-refractivity contribution in [3.63, 3.8) is 0 Å². The van der Waals surface area contributed by atoms with Crippen molar-refractivity contribution in [2.45, 2.75) is 13.8 Å². The second kappa shape index (κ2) is 5.85. The largest absolute Gasteiger partial charge is 0.382 e. The maximum Gasteiger partial charge on any atom is 0.276 e. The highest BCUT2D eigenvalue weighted by Gasteiger charge is 2.27. The maximum absolute atomic E-state index is 12.3. The van der Waals surface area contributed by atoms with Gasteiger partial charge in [-0.3, -0.25) is 9.59 Å². The van der Waals surface area contributed by atoms with E-state index in [-0.39, 0.29) is 29.2 Å². The molecule has 1 aliphatic rings. The van der Waals surface area contributed by atoms with Gasteiger partial charge in [0.2, 0.25) is 5.91 Å². The van der Waals surface area contributed by atoms with Crippen LogP contribution in [0.15, 0.2) is 12.4 Å². The Morgan fingerprint density at radius 3 is 2.20 bits per heavy atom. The van der Waals surface area contributed by atoms with Crippen molar-refractivity contribution >= 4 is 17.6 Å². The fourth-order valence-corrected chi connectivity index (χ4v) is 2.16. The summed E-state index contributed by atoms with van der Waals surface area (Å²) in [4.78, 5) is 35.4. The van der Waals surface area contributed by atoms with E-state index in [2.05, 4.69) is 9.97 Å². The fourth-order valence-electron chi connectivity index (χ4n) is 2.16. The van der Waals surface area contributed by atoms with E-state index in [1.165, 1.54) is 12.4 Å². The molecule has 1 saturated heterocycles. The van der Waals surface area contributed by atoms with Crippen molar-refractivity contribution in [2.75, 3.05) is 31.9 Å². The monoisotopic (exact) mass is 277 g/mol. The zero-order chi connectivity index (χ0) is 14.7. The summed E-state index contributed by atoms with van der Waals surface area (Å²) >= 11 is 0. The van der Waals surface area contributed by atoms with Crippen LogP contribution in [0.3, 0.4) is 0 Å². The van der Waals surface area contributed by atoms with Gasteiger partial charge in [-0.1, -0.05) is 13.8 Å². The van der Waals surface area contributed by atoms with Crippen molar-refractivity contribution in [3.8, 4) is 0 Å². The Labute approximate surface area is 117 Å². The molecule has 7 heteroatoms. The number of nitrogens with zero attached hydrogens (tertiary/aromatic N) is 4. The Hall–Kier alpha value is -2.18. The third-order valence-electron chi connectivity index (χ3n) is 3.30. The molecule has 1 fully saturated rings. The van der Waals surface area contributed by atoms with Crippen LogP contribution in [-0.2, 0) is 4.79 Å². The molecule has 0 aromatic carbocycles. The van der Waals surface area contributed by atoms with Crippen molar-refractivity contribution in [1.82, 2.24) is 19.8 Å². The van der Waals surface area contributed by atoms with Crippen LogP contribution < -0.4 is 5.73 Å². The molecule has 2 amide bonds. The minimum Gasteiger partial charge on any atom is -0.382 e. The summed E-state index contributed by atoms with van der Waals surface area (Å²) in [5, 5.41) is 0. The van der Waals surface area contributed by atoms with Gasteiger partial charge >= 0.3 is 0 Å². The van der Waals surface area contributed by atoms with Crippen LogP contribution in [-0.4, -0.2) is 57.8 Å². The molecule has 1 aliphatic heterocycles. The van der Waals surface area contributed by atoms with Crippen molar-refractivity contribution in [1.29, 1.82) is 0 Å². The Bertz CT molecular complexity index is 509. The number of carbonyl (C=O) groups excluding carboxylic acids is 2. The molecule has 2 N–H and O–H groups in total. The van der Waals surface area contributed by atoms with E-state index in [0.717, 1.165) is 0 Å². The normalized spacial score (nSPS) is 15.6. The van der Waals surface area contributed by atoms with Gasteiger partial charge in [-0.25, -0.2) is 9.97 Å². The van der Waals surface area contributed by atoms with E-state index >= 15 is 0 Å². The highest BCUT2D eigenvalue weighted by Crippen LogP contribution is 2.12. The second-order valence-corrected chi connectivity index (χ2v) is 5.06. The zero-order valence-electron chi connectivity index (χ0n) is 11.7. The van der Waals surface area contributed by atoms with Gasteiger partial charge in [0, 0.05) is 44.5 Å². The number of carbonyl (C=O) groups is 2. The number of amides is 2. The van der Waals surface area contributed by atoms with Crippen molar-refractivity contribution in [3.05, 3.63) is 18.1 Å². The van der Waals surface area contributed by atoms with Gasteiger partial charge in [0.15, 0.2) is 11.5 Å². The van der Waals surface area contributed by atoms with Crippen LogP contribution >= 0.6 is 0 Å². The molecule has 1 aromatic rings. The first-order valence-corrected chi connectivity index (χ1v) is 6.65. The number of piperazine rings is 1. The highest BCUT2D eigenvalue weighted by molar-refractivity contribution is 5.96. The Morgan fingerprint density at radius 1 is 1.10 bits per heavy atom. The number of nitrogens with two attached hydrogens (primary N) is 1. The lowest BCUT2D eigenvalue weighted by atomic mass is 10.1. The molecule has 2 rings (SSSR count). The molecule has 20 heavy (non-hydrogen) atoms. The van der Waals surface area contributed by atoms with Gasteiger partial charge in [0.1, 0.15) is 0 Å². The summed E-state index contributed by atoms with van der Waals surface area (Å²) in [5.41, 5.74) is 5.83. The molecule has 0 bridgehead atoms. The maximum atomic E-state index is 12.3. The molecule has 0 aliphatic carbocycles. The molecule has 108 valence electrons. The molecule has 2 heterocycles. The second-order valence-electron chi connectivity index (χ2n) is 5.06. The molecule has 0 spiro atoms. The topological polar surface area (TPSA) is 92.4 Å². The number of nitrogen functional groups attached to an aromatic ring is 1. The number of hydrogen-bond donors (Lipinski definition) is 1. The number of rotatable bonds is 2. The SMILES string of the molecule is CC(C)C(=O)N1CCN(C(=O)c2nccnc2N)CC1. The first-order chi connectivity index (χ1) is 9.50. The fraction of sp³-hybridized carbons (Fsp3) is 0.538. The van der Waals surface area contributed by atoms with E-state index in [9.17, 15) is 9.59 Å². The Balaban J connectivity index is 1.99. The van der Waals surface area contributed by atoms with Crippen LogP contribution in [0, 0.1) is 5.92 Å². The van der Waals surface area contributed by atoms with E-state index in [1.54, 1.807) is 9.80 Å². The molecule has 0 radical (unpaired) electrons. The predicted molar refractivity (Wildman–Crippen MR) is 73.8 cm³/mol. The van der Waals surface area contributed by atoms with Crippen molar-refractivity contribution in [2.24, 2.45) is 5.92 Å². The molecule has 0 unspecified atom stereocenters. The molecular formula is C13H19N5O2. The van der Waals surface area contributed by atoms with Crippen LogP contribution in [0.1, 0.15) is 24.3 Å². The number of anilines is 1. The van der Waals surface area contributed by atoms with E-state index in [4.69, 9.17) is 5.73 Å². The van der Waals surface area contributed by atoms with Gasteiger partial charge in [-0.05, 0) is 0 Å². The van der Waals surface area contributed by atoms with Gasteiger partial charge in [0.25, 0.3) is 5.91 Å². The van der Waals surface area contributed by atoms with Crippen LogP contribution in [0.5, 0.6) is 0 Å².